The molecule has 1 unspecified atom stereocenters. The van der Waals surface area contributed by atoms with Crippen molar-refractivity contribution in [1.29, 1.82) is 0 Å². The van der Waals surface area contributed by atoms with Crippen molar-refractivity contribution in [2.75, 3.05) is 19.3 Å². The van der Waals surface area contributed by atoms with Crippen LogP contribution < -0.4 is 5.32 Å². The molecule has 0 saturated carbocycles. The number of carbonyl (C=O) groups excluding carboxylic acids is 1. The van der Waals surface area contributed by atoms with Gasteiger partial charge in [0.1, 0.15) is 0 Å². The van der Waals surface area contributed by atoms with Crippen LogP contribution in [0.5, 0.6) is 0 Å². The lowest BCUT2D eigenvalue weighted by Gasteiger charge is -2.32. The monoisotopic (exact) mass is 368 g/mol. The third-order valence-electron chi connectivity index (χ3n) is 5.18. The molecule has 1 N–H and O–H groups in total. The van der Waals surface area contributed by atoms with Crippen LogP contribution in [-0.2, 0) is 11.3 Å². The Balaban J connectivity index is 1.46. The van der Waals surface area contributed by atoms with Gasteiger partial charge in [-0.25, -0.2) is 0 Å². The fourth-order valence-electron chi connectivity index (χ4n) is 3.50. The maximum absolute atomic E-state index is 12.6. The first-order chi connectivity index (χ1) is 12.7. The lowest BCUT2D eigenvalue weighted by Crippen LogP contribution is -2.40. The lowest BCUT2D eigenvalue weighted by molar-refractivity contribution is -0.127. The van der Waals surface area contributed by atoms with Gasteiger partial charge in [-0.3, -0.25) is 9.69 Å². The van der Waals surface area contributed by atoms with Gasteiger partial charge >= 0.3 is 0 Å². The van der Waals surface area contributed by atoms with Crippen molar-refractivity contribution in [3.63, 3.8) is 0 Å². The molecule has 2 aromatic rings. The summed E-state index contributed by atoms with van der Waals surface area (Å²) in [5.41, 5.74) is 2.51. The van der Waals surface area contributed by atoms with E-state index in [-0.39, 0.29) is 17.9 Å². The highest BCUT2D eigenvalue weighted by atomic mass is 32.2. The predicted molar refractivity (Wildman–Crippen MR) is 109 cm³/mol. The van der Waals surface area contributed by atoms with Gasteiger partial charge in [0.2, 0.25) is 5.91 Å². The van der Waals surface area contributed by atoms with E-state index >= 15 is 0 Å². The average Bonchev–Trinajstić information content (AvgIpc) is 2.69. The summed E-state index contributed by atoms with van der Waals surface area (Å²) in [6, 6.07) is 19.0. The second-order valence-corrected chi connectivity index (χ2v) is 7.92. The fraction of sp³-hybridized carbons (Fsp3) is 0.409. The molecule has 0 radical (unpaired) electrons. The maximum atomic E-state index is 12.6. The van der Waals surface area contributed by atoms with E-state index in [0.717, 1.165) is 38.0 Å². The zero-order valence-corrected chi connectivity index (χ0v) is 16.5. The van der Waals surface area contributed by atoms with Crippen molar-refractivity contribution in [3.05, 3.63) is 65.7 Å². The summed E-state index contributed by atoms with van der Waals surface area (Å²) in [5, 5.41) is 3.18. The average molecular weight is 369 g/mol. The molecule has 0 bridgehead atoms. The van der Waals surface area contributed by atoms with E-state index in [1.54, 1.807) is 11.8 Å². The van der Waals surface area contributed by atoms with Gasteiger partial charge < -0.3 is 5.32 Å². The molecule has 26 heavy (non-hydrogen) atoms. The van der Waals surface area contributed by atoms with Crippen LogP contribution >= 0.6 is 11.8 Å². The number of hydrogen-bond acceptors (Lipinski definition) is 3. The zero-order chi connectivity index (χ0) is 18.4. The Labute approximate surface area is 161 Å². The Morgan fingerprint density at radius 1 is 1.12 bits per heavy atom. The van der Waals surface area contributed by atoms with Crippen LogP contribution in [0.2, 0.25) is 0 Å². The highest BCUT2D eigenvalue weighted by Crippen LogP contribution is 2.22. The van der Waals surface area contributed by atoms with Gasteiger partial charge in [-0.1, -0.05) is 42.5 Å². The third-order valence-corrected chi connectivity index (χ3v) is 5.93. The van der Waals surface area contributed by atoms with E-state index in [1.165, 1.54) is 10.5 Å². The third kappa shape index (κ3) is 5.12. The number of likely N-dealkylation sites (tertiary alicyclic amines) is 1. The SMILES string of the molecule is CSc1ccc(CN2CCC(C(=O)NC(C)c3ccccc3)CC2)cc1. The van der Waals surface area contributed by atoms with E-state index in [1.807, 2.05) is 18.2 Å². The second kappa shape index (κ2) is 9.24. The number of nitrogens with zero attached hydrogens (tertiary/aromatic N) is 1. The number of thioether (sulfide) groups is 1. The predicted octanol–water partition coefficient (Wildman–Crippen LogP) is 4.50. The fourth-order valence-corrected chi connectivity index (χ4v) is 3.91. The van der Waals surface area contributed by atoms with E-state index in [0.29, 0.717) is 0 Å². The molecule has 138 valence electrons. The number of piperidine rings is 1. The van der Waals surface area contributed by atoms with Gasteiger partial charge in [-0.05, 0) is 62.4 Å². The smallest absolute Gasteiger partial charge is 0.223 e. The molecular weight excluding hydrogens is 340 g/mol. The Hall–Kier alpha value is -1.78. The minimum Gasteiger partial charge on any atom is -0.349 e. The van der Waals surface area contributed by atoms with Crippen molar-refractivity contribution in [1.82, 2.24) is 10.2 Å². The van der Waals surface area contributed by atoms with Gasteiger partial charge in [0, 0.05) is 17.4 Å². The van der Waals surface area contributed by atoms with Crippen LogP contribution in [0.25, 0.3) is 0 Å². The summed E-state index contributed by atoms with van der Waals surface area (Å²) in [6.45, 7) is 5.01. The van der Waals surface area contributed by atoms with Crippen LogP contribution in [0.4, 0.5) is 0 Å². The van der Waals surface area contributed by atoms with E-state index in [9.17, 15) is 4.79 Å². The Kier molecular flexibility index (Phi) is 6.75. The summed E-state index contributed by atoms with van der Waals surface area (Å²) in [5.74, 6) is 0.335. The standard InChI is InChI=1S/C22H28N2OS/c1-17(19-6-4-3-5-7-19)23-22(25)20-12-14-24(15-13-20)16-18-8-10-21(26-2)11-9-18/h3-11,17,20H,12-16H2,1-2H3,(H,23,25). The van der Waals surface area contributed by atoms with Gasteiger partial charge in [-0.2, -0.15) is 0 Å². The van der Waals surface area contributed by atoms with Gasteiger partial charge in [0.25, 0.3) is 0 Å². The van der Waals surface area contributed by atoms with Gasteiger partial charge in [0.05, 0.1) is 6.04 Å². The Morgan fingerprint density at radius 2 is 1.77 bits per heavy atom. The highest BCUT2D eigenvalue weighted by molar-refractivity contribution is 7.98. The molecule has 1 aliphatic heterocycles. The molecule has 0 aliphatic carbocycles. The van der Waals surface area contributed by atoms with Crippen molar-refractivity contribution in [2.24, 2.45) is 5.92 Å². The molecular formula is C22H28N2OS. The number of rotatable bonds is 6. The molecule has 3 nitrogen and oxygen atoms in total. The van der Waals surface area contributed by atoms with Crippen LogP contribution in [0.3, 0.4) is 0 Å². The molecule has 1 fully saturated rings. The van der Waals surface area contributed by atoms with Crippen LogP contribution in [0.1, 0.15) is 36.9 Å². The molecule has 2 aromatic carbocycles. The molecule has 4 heteroatoms. The quantitative estimate of drug-likeness (QED) is 0.762. The highest BCUT2D eigenvalue weighted by Gasteiger charge is 2.25. The van der Waals surface area contributed by atoms with Crippen molar-refractivity contribution in [2.45, 2.75) is 37.2 Å². The number of benzene rings is 2. The molecule has 0 aromatic heterocycles. The zero-order valence-electron chi connectivity index (χ0n) is 15.7. The van der Waals surface area contributed by atoms with Crippen LogP contribution in [0, 0.1) is 5.92 Å². The van der Waals surface area contributed by atoms with Gasteiger partial charge in [0.15, 0.2) is 0 Å². The van der Waals surface area contributed by atoms with Crippen molar-refractivity contribution in [3.8, 4) is 0 Å². The largest absolute Gasteiger partial charge is 0.349 e. The number of amides is 1. The van der Waals surface area contributed by atoms with Crippen molar-refractivity contribution < 1.29 is 4.79 Å². The minimum absolute atomic E-state index is 0.0664. The number of nitrogens with one attached hydrogen (secondary N) is 1. The minimum atomic E-state index is 0.0664. The first-order valence-electron chi connectivity index (χ1n) is 9.36. The molecule has 1 aliphatic rings. The topological polar surface area (TPSA) is 32.3 Å². The normalized spacial score (nSPS) is 17.0. The molecule has 1 heterocycles. The Morgan fingerprint density at radius 3 is 2.38 bits per heavy atom. The second-order valence-electron chi connectivity index (χ2n) is 7.04. The van der Waals surface area contributed by atoms with Gasteiger partial charge in [-0.15, -0.1) is 11.8 Å². The lowest BCUT2D eigenvalue weighted by atomic mass is 9.95. The van der Waals surface area contributed by atoms with Crippen LogP contribution in [-0.4, -0.2) is 30.2 Å². The first-order valence-corrected chi connectivity index (χ1v) is 10.6. The molecule has 1 saturated heterocycles. The summed E-state index contributed by atoms with van der Waals surface area (Å²) in [7, 11) is 0. The van der Waals surface area contributed by atoms with E-state index in [4.69, 9.17) is 0 Å². The van der Waals surface area contributed by atoms with E-state index in [2.05, 4.69) is 59.8 Å². The first kappa shape index (κ1) is 19.0. The summed E-state index contributed by atoms with van der Waals surface area (Å²) in [6.07, 6.45) is 3.98. The number of hydrogen-bond donors (Lipinski definition) is 1. The molecule has 0 spiro atoms. The molecule has 1 atom stereocenters. The maximum Gasteiger partial charge on any atom is 0.223 e. The Bertz CT molecular complexity index is 694. The van der Waals surface area contributed by atoms with Crippen LogP contribution in [0.15, 0.2) is 59.5 Å². The van der Waals surface area contributed by atoms with E-state index < -0.39 is 0 Å². The summed E-state index contributed by atoms with van der Waals surface area (Å²) in [4.78, 5) is 16.3. The molecule has 1 amide bonds. The summed E-state index contributed by atoms with van der Waals surface area (Å²) >= 11 is 1.77. The van der Waals surface area contributed by atoms with Crippen molar-refractivity contribution >= 4 is 17.7 Å². The number of carbonyl (C=O) groups is 1. The summed E-state index contributed by atoms with van der Waals surface area (Å²) < 4.78 is 0. The molecule has 3 rings (SSSR count).